The largest absolute Gasteiger partial charge is 0.395 e. The highest BCUT2D eigenvalue weighted by Gasteiger charge is 2.35. The molecule has 0 unspecified atom stereocenters. The highest BCUT2D eigenvalue weighted by Crippen LogP contribution is 2.22. The van der Waals surface area contributed by atoms with Crippen LogP contribution in [-0.4, -0.2) is 52.8 Å². The molecule has 5 nitrogen and oxygen atoms in total. The lowest BCUT2D eigenvalue weighted by atomic mass is 10.0. The normalized spacial score (nSPS) is 17.0. The standard InChI is InChI=1S/C16H20N2O3/c1-16(2)12-21-11-9-18(16)15(20)14-13(6-3-4-10-19)7-5-8-17-14/h5,7-8,19H,4,9-12H2,1-2H3. The fourth-order valence-electron chi connectivity index (χ4n) is 2.25. The van der Waals surface area contributed by atoms with Crippen molar-refractivity contribution in [3.05, 3.63) is 29.6 Å². The van der Waals surface area contributed by atoms with Crippen molar-refractivity contribution in [2.75, 3.05) is 26.4 Å². The van der Waals surface area contributed by atoms with Crippen LogP contribution in [0.5, 0.6) is 0 Å². The Morgan fingerprint density at radius 1 is 1.57 bits per heavy atom. The van der Waals surface area contributed by atoms with E-state index in [9.17, 15) is 4.79 Å². The Balaban J connectivity index is 2.29. The highest BCUT2D eigenvalue weighted by molar-refractivity contribution is 5.95. The molecule has 0 saturated carbocycles. The molecule has 1 aliphatic rings. The molecule has 2 heterocycles. The van der Waals surface area contributed by atoms with E-state index in [1.54, 1.807) is 23.2 Å². The van der Waals surface area contributed by atoms with Gasteiger partial charge in [-0.25, -0.2) is 4.98 Å². The van der Waals surface area contributed by atoms with Gasteiger partial charge in [0.05, 0.1) is 30.9 Å². The summed E-state index contributed by atoms with van der Waals surface area (Å²) in [5.74, 6) is 5.62. The fourth-order valence-corrected chi connectivity index (χ4v) is 2.25. The molecule has 21 heavy (non-hydrogen) atoms. The second kappa shape index (κ2) is 6.70. The zero-order valence-electron chi connectivity index (χ0n) is 12.4. The van der Waals surface area contributed by atoms with E-state index in [2.05, 4.69) is 16.8 Å². The maximum Gasteiger partial charge on any atom is 0.274 e. The van der Waals surface area contributed by atoms with Gasteiger partial charge in [0, 0.05) is 19.2 Å². The Bertz CT molecular complexity index is 572. The lowest BCUT2D eigenvalue weighted by Gasteiger charge is -2.42. The molecule has 1 N–H and O–H groups in total. The molecule has 1 fully saturated rings. The van der Waals surface area contributed by atoms with Crippen molar-refractivity contribution in [2.24, 2.45) is 0 Å². The molecule has 0 aromatic carbocycles. The Kier molecular flexibility index (Phi) is 4.94. The lowest BCUT2D eigenvalue weighted by Crippen LogP contribution is -2.55. The quantitative estimate of drug-likeness (QED) is 0.827. The number of hydrogen-bond donors (Lipinski definition) is 1. The van der Waals surface area contributed by atoms with E-state index in [0.717, 1.165) is 0 Å². The van der Waals surface area contributed by atoms with Crippen LogP contribution < -0.4 is 0 Å². The Labute approximate surface area is 124 Å². The van der Waals surface area contributed by atoms with Crippen molar-refractivity contribution < 1.29 is 14.6 Å². The van der Waals surface area contributed by atoms with Crippen molar-refractivity contribution >= 4 is 5.91 Å². The van der Waals surface area contributed by atoms with Crippen LogP contribution in [0.15, 0.2) is 18.3 Å². The minimum Gasteiger partial charge on any atom is -0.395 e. The van der Waals surface area contributed by atoms with Crippen LogP contribution in [-0.2, 0) is 4.74 Å². The number of hydrogen-bond acceptors (Lipinski definition) is 4. The van der Waals surface area contributed by atoms with Crippen molar-refractivity contribution in [3.8, 4) is 11.8 Å². The summed E-state index contributed by atoms with van der Waals surface area (Å²) in [4.78, 5) is 18.7. The number of pyridine rings is 1. The molecule has 1 aromatic heterocycles. The predicted octanol–water partition coefficient (Wildman–Crippen LogP) is 1.07. The first-order valence-corrected chi connectivity index (χ1v) is 7.01. The van der Waals surface area contributed by atoms with Gasteiger partial charge >= 0.3 is 0 Å². The second-order valence-electron chi connectivity index (χ2n) is 5.50. The van der Waals surface area contributed by atoms with Crippen LogP contribution in [0.4, 0.5) is 0 Å². The van der Waals surface area contributed by atoms with Crippen LogP contribution in [0, 0.1) is 11.8 Å². The summed E-state index contributed by atoms with van der Waals surface area (Å²) < 4.78 is 5.44. The Hall–Kier alpha value is -1.90. The number of nitrogens with zero attached hydrogens (tertiary/aromatic N) is 2. The van der Waals surface area contributed by atoms with E-state index in [0.29, 0.717) is 37.4 Å². The second-order valence-corrected chi connectivity index (χ2v) is 5.50. The predicted molar refractivity (Wildman–Crippen MR) is 78.8 cm³/mol. The maximum atomic E-state index is 12.8. The average molecular weight is 288 g/mol. The van der Waals surface area contributed by atoms with Crippen LogP contribution in [0.2, 0.25) is 0 Å². The van der Waals surface area contributed by atoms with E-state index in [1.807, 2.05) is 13.8 Å². The average Bonchev–Trinajstić information content (AvgIpc) is 2.47. The molecule has 1 amide bonds. The van der Waals surface area contributed by atoms with E-state index < -0.39 is 0 Å². The van der Waals surface area contributed by atoms with Gasteiger partial charge in [-0.1, -0.05) is 11.8 Å². The number of rotatable bonds is 2. The first-order chi connectivity index (χ1) is 10.1. The van der Waals surface area contributed by atoms with Crippen LogP contribution in [0.3, 0.4) is 0 Å². The molecule has 112 valence electrons. The summed E-state index contributed by atoms with van der Waals surface area (Å²) in [7, 11) is 0. The Morgan fingerprint density at radius 3 is 3.10 bits per heavy atom. The van der Waals surface area contributed by atoms with Gasteiger partial charge < -0.3 is 14.7 Å². The van der Waals surface area contributed by atoms with Crippen molar-refractivity contribution in [1.82, 2.24) is 9.88 Å². The smallest absolute Gasteiger partial charge is 0.274 e. The van der Waals surface area contributed by atoms with E-state index in [1.165, 1.54) is 0 Å². The minimum atomic E-state index is -0.358. The molecule has 5 heteroatoms. The number of aromatic nitrogens is 1. The van der Waals surface area contributed by atoms with Crippen molar-refractivity contribution in [2.45, 2.75) is 25.8 Å². The van der Waals surface area contributed by atoms with E-state index in [-0.39, 0.29) is 18.1 Å². The third kappa shape index (κ3) is 3.60. The summed E-state index contributed by atoms with van der Waals surface area (Å²) in [6.45, 7) is 5.55. The molecule has 2 rings (SSSR count). The highest BCUT2D eigenvalue weighted by atomic mass is 16.5. The molecule has 1 aromatic rings. The van der Waals surface area contributed by atoms with Crippen molar-refractivity contribution in [1.29, 1.82) is 0 Å². The third-order valence-corrected chi connectivity index (χ3v) is 3.36. The van der Waals surface area contributed by atoms with Gasteiger partial charge in [-0.3, -0.25) is 4.79 Å². The zero-order valence-corrected chi connectivity index (χ0v) is 12.4. The number of ether oxygens (including phenoxy) is 1. The molecule has 0 bridgehead atoms. The lowest BCUT2D eigenvalue weighted by molar-refractivity contribution is -0.0373. The molecule has 0 atom stereocenters. The first-order valence-electron chi connectivity index (χ1n) is 7.01. The number of aliphatic hydroxyl groups excluding tert-OH is 1. The van der Waals surface area contributed by atoms with Gasteiger partial charge in [0.1, 0.15) is 5.69 Å². The Morgan fingerprint density at radius 2 is 2.38 bits per heavy atom. The van der Waals surface area contributed by atoms with Gasteiger partial charge in [-0.15, -0.1) is 0 Å². The molecular weight excluding hydrogens is 268 g/mol. The monoisotopic (exact) mass is 288 g/mol. The summed E-state index contributed by atoms with van der Waals surface area (Å²) in [5.41, 5.74) is 0.596. The summed E-state index contributed by atoms with van der Waals surface area (Å²) >= 11 is 0. The van der Waals surface area contributed by atoms with Crippen LogP contribution in [0.1, 0.15) is 36.3 Å². The molecule has 0 spiro atoms. The number of morpholine rings is 1. The van der Waals surface area contributed by atoms with Crippen molar-refractivity contribution in [3.63, 3.8) is 0 Å². The SMILES string of the molecule is CC1(C)COCCN1C(=O)c1ncccc1C#CCCO. The minimum absolute atomic E-state index is 0.00698. The molecule has 0 radical (unpaired) electrons. The van der Waals surface area contributed by atoms with Gasteiger partial charge in [-0.2, -0.15) is 0 Å². The van der Waals surface area contributed by atoms with Gasteiger partial charge in [0.2, 0.25) is 0 Å². The number of carbonyl (C=O) groups excluding carboxylic acids is 1. The number of amides is 1. The van der Waals surface area contributed by atoms with Crippen LogP contribution in [0.25, 0.3) is 0 Å². The van der Waals surface area contributed by atoms with Crippen LogP contribution >= 0.6 is 0 Å². The zero-order chi connectivity index (χ0) is 15.3. The summed E-state index contributed by atoms with van der Waals surface area (Å²) in [5, 5.41) is 8.79. The molecule has 0 aliphatic carbocycles. The van der Waals surface area contributed by atoms with E-state index >= 15 is 0 Å². The third-order valence-electron chi connectivity index (χ3n) is 3.36. The summed E-state index contributed by atoms with van der Waals surface area (Å²) in [6, 6.07) is 3.53. The summed E-state index contributed by atoms with van der Waals surface area (Å²) in [6.07, 6.45) is 1.98. The molecular formula is C16H20N2O3. The van der Waals surface area contributed by atoms with Gasteiger partial charge in [0.25, 0.3) is 5.91 Å². The number of aliphatic hydroxyl groups is 1. The molecule has 1 saturated heterocycles. The first kappa shape index (κ1) is 15.5. The van der Waals surface area contributed by atoms with E-state index in [4.69, 9.17) is 9.84 Å². The van der Waals surface area contributed by atoms with Gasteiger partial charge in [0.15, 0.2) is 0 Å². The fraction of sp³-hybridized carbons (Fsp3) is 0.500. The van der Waals surface area contributed by atoms with Gasteiger partial charge in [-0.05, 0) is 26.0 Å². The number of carbonyl (C=O) groups is 1. The maximum absolute atomic E-state index is 12.8. The molecule has 1 aliphatic heterocycles. The topological polar surface area (TPSA) is 62.7 Å².